The molecule has 1 aliphatic heterocycles. The van der Waals surface area contributed by atoms with Gasteiger partial charge in [-0.05, 0) is 43.9 Å². The van der Waals surface area contributed by atoms with Crippen LogP contribution in [0.1, 0.15) is 36.1 Å². The van der Waals surface area contributed by atoms with Gasteiger partial charge in [0.2, 0.25) is 10.1 Å². The second kappa shape index (κ2) is 7.82. The van der Waals surface area contributed by atoms with E-state index in [4.69, 9.17) is 0 Å². The molecule has 6 nitrogen and oxygen atoms in total. The molecule has 0 bridgehead atoms. The number of hydrogen-bond donors (Lipinski definition) is 0. The highest BCUT2D eigenvalue weighted by atomic mass is 32.1. The molecule has 1 atom stereocenters. The van der Waals surface area contributed by atoms with Crippen LogP contribution in [0, 0.1) is 6.92 Å². The number of benzene rings is 1. The van der Waals surface area contributed by atoms with Crippen molar-refractivity contribution in [1.29, 1.82) is 0 Å². The average Bonchev–Trinajstić information content (AvgIpc) is 3.32. The van der Waals surface area contributed by atoms with Gasteiger partial charge in [-0.25, -0.2) is 4.98 Å². The van der Waals surface area contributed by atoms with Crippen LogP contribution in [0.25, 0.3) is 4.96 Å². The summed E-state index contributed by atoms with van der Waals surface area (Å²) < 4.78 is 39.3. The van der Waals surface area contributed by atoms with Crippen LogP contribution in [0.15, 0.2) is 35.1 Å². The second-order valence-electron chi connectivity index (χ2n) is 7.33. The molecule has 3 heterocycles. The van der Waals surface area contributed by atoms with Crippen LogP contribution in [0.4, 0.5) is 18.3 Å². The van der Waals surface area contributed by atoms with Crippen LogP contribution in [0.2, 0.25) is 0 Å². The van der Waals surface area contributed by atoms with E-state index in [1.165, 1.54) is 34.1 Å². The Balaban J connectivity index is 1.46. The van der Waals surface area contributed by atoms with Crippen molar-refractivity contribution in [3.63, 3.8) is 0 Å². The first kappa shape index (κ1) is 20.5. The molecule has 0 aliphatic carbocycles. The molecule has 158 valence electrons. The first-order chi connectivity index (χ1) is 14.2. The van der Waals surface area contributed by atoms with Crippen LogP contribution in [0.5, 0.6) is 0 Å². The molecule has 3 aromatic rings. The van der Waals surface area contributed by atoms with Gasteiger partial charge in [-0.15, -0.1) is 5.10 Å². The molecule has 1 fully saturated rings. The van der Waals surface area contributed by atoms with E-state index in [1.54, 1.807) is 6.92 Å². The van der Waals surface area contributed by atoms with E-state index in [0.717, 1.165) is 18.6 Å². The predicted molar refractivity (Wildman–Crippen MR) is 107 cm³/mol. The van der Waals surface area contributed by atoms with Crippen molar-refractivity contribution < 1.29 is 18.0 Å². The third-order valence-corrected chi connectivity index (χ3v) is 6.12. The average molecular weight is 436 g/mol. The quantitative estimate of drug-likeness (QED) is 0.611. The molecule has 1 aromatic carbocycles. The Kier molecular flexibility index (Phi) is 5.35. The van der Waals surface area contributed by atoms with E-state index in [1.807, 2.05) is 4.90 Å². The topological polar surface area (TPSA) is 67.6 Å². The van der Waals surface area contributed by atoms with E-state index in [9.17, 15) is 22.8 Å². The van der Waals surface area contributed by atoms with Gasteiger partial charge in [0.25, 0.3) is 5.56 Å². The van der Waals surface area contributed by atoms with E-state index in [0.29, 0.717) is 40.7 Å². The molecule has 0 unspecified atom stereocenters. The van der Waals surface area contributed by atoms with Gasteiger partial charge >= 0.3 is 6.18 Å². The number of rotatable bonds is 5. The molecular formula is C20H19F3N4O2S. The summed E-state index contributed by atoms with van der Waals surface area (Å²) in [6.07, 6.45) is -2.25. The minimum absolute atomic E-state index is 0.0168. The number of Topliss-reactive ketones (excluding diaryl/α,β-unsaturated/α-hetero) is 1. The zero-order chi connectivity index (χ0) is 21.5. The fraction of sp³-hybridized carbons (Fsp3) is 0.400. The summed E-state index contributed by atoms with van der Waals surface area (Å²) in [5.41, 5.74) is 0.340. The number of anilines is 1. The molecule has 4 rings (SSSR count). The number of aromatic nitrogens is 3. The SMILES string of the molecule is Cc1cc(=O)n2nc(N3CCC[C@@H]3C(=O)CCc3ccc(C(F)(F)F)cc3)sc2n1. The maximum Gasteiger partial charge on any atom is 0.416 e. The maximum atomic E-state index is 12.8. The molecule has 10 heteroatoms. The number of ketones is 1. The molecule has 0 radical (unpaired) electrons. The van der Waals surface area contributed by atoms with Gasteiger partial charge < -0.3 is 4.90 Å². The lowest BCUT2D eigenvalue weighted by molar-refractivity contribution is -0.137. The third kappa shape index (κ3) is 4.09. The van der Waals surface area contributed by atoms with Crippen molar-refractivity contribution in [2.75, 3.05) is 11.4 Å². The number of alkyl halides is 3. The first-order valence-electron chi connectivity index (χ1n) is 9.55. The Morgan fingerprint density at radius 3 is 2.70 bits per heavy atom. The number of nitrogens with zero attached hydrogens (tertiary/aromatic N) is 4. The lowest BCUT2D eigenvalue weighted by atomic mass is 10.0. The molecule has 0 spiro atoms. The molecule has 0 N–H and O–H groups in total. The number of carbonyl (C=O) groups is 1. The number of halogens is 3. The van der Waals surface area contributed by atoms with Gasteiger partial charge in [-0.1, -0.05) is 23.5 Å². The standard InChI is InChI=1S/C20H19F3N4O2S/c1-12-11-17(29)27-18(24-12)30-19(25-27)26-10-2-3-15(26)16(28)9-6-13-4-7-14(8-5-13)20(21,22)23/h4-5,7-8,11,15H,2-3,6,9-10H2,1H3/t15-/m1/s1. The van der Waals surface area contributed by atoms with Crippen LogP contribution >= 0.6 is 11.3 Å². The molecule has 30 heavy (non-hydrogen) atoms. The number of aryl methyl sites for hydroxylation is 2. The number of hydrogen-bond acceptors (Lipinski definition) is 6. The van der Waals surface area contributed by atoms with E-state index < -0.39 is 11.7 Å². The van der Waals surface area contributed by atoms with E-state index in [-0.39, 0.29) is 23.8 Å². The van der Waals surface area contributed by atoms with E-state index >= 15 is 0 Å². The Bertz CT molecular complexity index is 1140. The Morgan fingerprint density at radius 2 is 2.00 bits per heavy atom. The fourth-order valence-electron chi connectivity index (χ4n) is 3.65. The van der Waals surface area contributed by atoms with Gasteiger partial charge in [-0.3, -0.25) is 9.59 Å². The monoisotopic (exact) mass is 436 g/mol. The number of carbonyl (C=O) groups excluding carboxylic acids is 1. The third-order valence-electron chi connectivity index (χ3n) is 5.17. The van der Waals surface area contributed by atoms with Crippen LogP contribution in [-0.2, 0) is 17.4 Å². The van der Waals surface area contributed by atoms with Crippen molar-refractivity contribution in [3.8, 4) is 0 Å². The van der Waals surface area contributed by atoms with Gasteiger partial charge in [0.15, 0.2) is 5.78 Å². The van der Waals surface area contributed by atoms with Crippen molar-refractivity contribution in [2.45, 2.75) is 44.8 Å². The first-order valence-corrected chi connectivity index (χ1v) is 10.4. The van der Waals surface area contributed by atoms with Crippen LogP contribution in [0.3, 0.4) is 0 Å². The highest BCUT2D eigenvalue weighted by molar-refractivity contribution is 7.20. The summed E-state index contributed by atoms with van der Waals surface area (Å²) in [5.74, 6) is 0.0168. The smallest absolute Gasteiger partial charge is 0.337 e. The van der Waals surface area contributed by atoms with Crippen molar-refractivity contribution in [2.24, 2.45) is 0 Å². The lowest BCUT2D eigenvalue weighted by Crippen LogP contribution is -2.36. The molecule has 1 aliphatic rings. The highest BCUT2D eigenvalue weighted by Crippen LogP contribution is 2.31. The zero-order valence-corrected chi connectivity index (χ0v) is 17.0. The normalized spacial score (nSPS) is 17.1. The van der Waals surface area contributed by atoms with Crippen molar-refractivity contribution in [3.05, 3.63) is 57.5 Å². The minimum atomic E-state index is -4.37. The largest absolute Gasteiger partial charge is 0.416 e. The fourth-order valence-corrected chi connectivity index (χ4v) is 4.68. The van der Waals surface area contributed by atoms with Crippen LogP contribution < -0.4 is 10.5 Å². The molecular weight excluding hydrogens is 417 g/mol. The van der Waals surface area contributed by atoms with Gasteiger partial charge in [0.05, 0.1) is 11.6 Å². The second-order valence-corrected chi connectivity index (χ2v) is 8.26. The van der Waals surface area contributed by atoms with Gasteiger partial charge in [0.1, 0.15) is 0 Å². The maximum absolute atomic E-state index is 12.8. The highest BCUT2D eigenvalue weighted by Gasteiger charge is 2.33. The Morgan fingerprint density at radius 1 is 1.27 bits per heavy atom. The predicted octanol–water partition coefficient (Wildman–Crippen LogP) is 3.65. The molecule has 1 saturated heterocycles. The Labute approximate surface area is 174 Å². The molecule has 2 aromatic heterocycles. The molecule has 0 amide bonds. The van der Waals surface area contributed by atoms with Gasteiger partial charge in [-0.2, -0.15) is 17.7 Å². The van der Waals surface area contributed by atoms with E-state index in [2.05, 4.69) is 10.1 Å². The number of fused-ring (bicyclic) bond motifs is 1. The zero-order valence-electron chi connectivity index (χ0n) is 16.1. The van der Waals surface area contributed by atoms with Crippen molar-refractivity contribution >= 4 is 27.2 Å². The lowest BCUT2D eigenvalue weighted by Gasteiger charge is -2.22. The summed E-state index contributed by atoms with van der Waals surface area (Å²) in [4.78, 5) is 31.7. The summed E-state index contributed by atoms with van der Waals surface area (Å²) in [6.45, 7) is 2.40. The summed E-state index contributed by atoms with van der Waals surface area (Å²) in [5, 5.41) is 4.93. The summed E-state index contributed by atoms with van der Waals surface area (Å²) in [6, 6.07) is 5.96. The van der Waals surface area contributed by atoms with Crippen molar-refractivity contribution in [1.82, 2.24) is 14.6 Å². The summed E-state index contributed by atoms with van der Waals surface area (Å²) in [7, 11) is 0. The van der Waals surface area contributed by atoms with Gasteiger partial charge in [0, 0.05) is 24.7 Å². The Hall–Kier alpha value is -2.75. The molecule has 0 saturated carbocycles. The summed E-state index contributed by atoms with van der Waals surface area (Å²) >= 11 is 1.27. The minimum Gasteiger partial charge on any atom is -0.337 e. The van der Waals surface area contributed by atoms with Crippen LogP contribution in [-0.4, -0.2) is 33.0 Å².